The highest BCUT2D eigenvalue weighted by atomic mass is 16.3. The van der Waals surface area contributed by atoms with E-state index in [2.05, 4.69) is 0 Å². The number of carbonyl (C=O) groups is 1. The molecule has 14 heavy (non-hydrogen) atoms. The van der Waals surface area contributed by atoms with Crippen molar-refractivity contribution in [3.05, 3.63) is 0 Å². The van der Waals surface area contributed by atoms with Crippen molar-refractivity contribution in [3.8, 4) is 0 Å². The number of carbonyl (C=O) groups excluding carboxylic acids is 1. The maximum absolute atomic E-state index is 11.8. The van der Waals surface area contributed by atoms with E-state index in [-0.39, 0.29) is 11.3 Å². The van der Waals surface area contributed by atoms with Crippen molar-refractivity contribution in [2.24, 2.45) is 17.3 Å². The first-order valence-corrected chi connectivity index (χ1v) is 5.79. The monoisotopic (exact) mass is 194 g/mol. The molecule has 4 atom stereocenters. The molecule has 0 heterocycles. The zero-order chi connectivity index (χ0) is 9.97. The summed E-state index contributed by atoms with van der Waals surface area (Å²) in [5.41, 5.74) is -0.495. The van der Waals surface area contributed by atoms with Crippen LogP contribution in [0.15, 0.2) is 0 Å². The van der Waals surface area contributed by atoms with Gasteiger partial charge in [0.2, 0.25) is 0 Å². The van der Waals surface area contributed by atoms with Crippen molar-refractivity contribution in [3.63, 3.8) is 0 Å². The predicted molar refractivity (Wildman–Crippen MR) is 52.7 cm³/mol. The van der Waals surface area contributed by atoms with Crippen LogP contribution in [0.25, 0.3) is 0 Å². The summed E-state index contributed by atoms with van der Waals surface area (Å²) >= 11 is 0. The Kier molecular flexibility index (Phi) is 1.53. The summed E-state index contributed by atoms with van der Waals surface area (Å²) in [4.78, 5) is 11.8. The minimum atomic E-state index is -0.698. The van der Waals surface area contributed by atoms with E-state index in [1.165, 1.54) is 19.3 Å². The van der Waals surface area contributed by atoms with Crippen LogP contribution in [0.2, 0.25) is 0 Å². The first-order valence-electron chi connectivity index (χ1n) is 5.79. The van der Waals surface area contributed by atoms with E-state index in [0.29, 0.717) is 5.78 Å². The standard InChI is InChI=1S/C12H18O2/c1-11(14)7-12-4-2-3-8(12)5-9(11)10(13)6-12/h8-9,14H,2-7H2,1H3/t8-,9-,11-,12+/m0/s1. The average Bonchev–Trinajstić information content (AvgIpc) is 2.42. The lowest BCUT2D eigenvalue weighted by molar-refractivity contribution is -0.167. The van der Waals surface area contributed by atoms with E-state index in [1.807, 2.05) is 6.92 Å². The fourth-order valence-electron chi connectivity index (χ4n) is 4.43. The minimum absolute atomic E-state index is 0.0486. The van der Waals surface area contributed by atoms with Gasteiger partial charge >= 0.3 is 0 Å². The van der Waals surface area contributed by atoms with Gasteiger partial charge in [-0.1, -0.05) is 6.42 Å². The molecule has 78 valence electrons. The quantitative estimate of drug-likeness (QED) is 0.639. The SMILES string of the molecule is C[C@]1(O)C[C@]23CCC[C@H]2C[C@H]1C(=O)C3. The summed E-state index contributed by atoms with van der Waals surface area (Å²) in [6.45, 7) is 1.87. The smallest absolute Gasteiger partial charge is 0.139 e. The Morgan fingerprint density at radius 3 is 3.00 bits per heavy atom. The summed E-state index contributed by atoms with van der Waals surface area (Å²) < 4.78 is 0. The zero-order valence-electron chi connectivity index (χ0n) is 8.75. The molecule has 1 spiro atoms. The Bertz CT molecular complexity index is 295. The minimum Gasteiger partial charge on any atom is -0.389 e. The van der Waals surface area contributed by atoms with E-state index in [0.717, 1.165) is 25.2 Å². The summed E-state index contributed by atoms with van der Waals surface area (Å²) in [5.74, 6) is 1.03. The fraction of sp³-hybridized carbons (Fsp3) is 0.917. The Labute approximate surface area is 84.7 Å². The molecular formula is C12H18O2. The number of Topliss-reactive ketones (excluding diaryl/α,β-unsaturated/α-hetero) is 1. The van der Waals surface area contributed by atoms with E-state index >= 15 is 0 Å². The van der Waals surface area contributed by atoms with Crippen LogP contribution >= 0.6 is 0 Å². The molecule has 0 aliphatic heterocycles. The number of rotatable bonds is 0. The molecule has 0 radical (unpaired) electrons. The molecule has 0 aromatic heterocycles. The largest absolute Gasteiger partial charge is 0.389 e. The molecule has 0 aromatic carbocycles. The van der Waals surface area contributed by atoms with E-state index in [9.17, 15) is 9.90 Å². The van der Waals surface area contributed by atoms with Gasteiger partial charge in [0.25, 0.3) is 0 Å². The van der Waals surface area contributed by atoms with Crippen molar-refractivity contribution >= 4 is 5.78 Å². The lowest BCUT2D eigenvalue weighted by Gasteiger charge is -2.55. The summed E-state index contributed by atoms with van der Waals surface area (Å²) in [6.07, 6.45) is 6.33. The molecule has 4 aliphatic carbocycles. The molecule has 0 amide bonds. The van der Waals surface area contributed by atoms with Crippen LogP contribution in [0.5, 0.6) is 0 Å². The predicted octanol–water partition coefficient (Wildman–Crippen LogP) is 1.91. The average molecular weight is 194 g/mol. The highest BCUT2D eigenvalue weighted by Crippen LogP contribution is 2.62. The Morgan fingerprint density at radius 1 is 1.50 bits per heavy atom. The van der Waals surface area contributed by atoms with Gasteiger partial charge in [0.1, 0.15) is 5.78 Å². The third-order valence-corrected chi connectivity index (χ3v) is 4.99. The van der Waals surface area contributed by atoms with Crippen LogP contribution < -0.4 is 0 Å². The Balaban J connectivity index is 2.03. The van der Waals surface area contributed by atoms with Gasteiger partial charge < -0.3 is 5.11 Å². The second-order valence-corrected chi connectivity index (χ2v) is 5.92. The summed E-state index contributed by atoms with van der Waals surface area (Å²) in [5, 5.41) is 10.3. The second-order valence-electron chi connectivity index (χ2n) is 5.92. The van der Waals surface area contributed by atoms with Gasteiger partial charge in [0.15, 0.2) is 0 Å². The van der Waals surface area contributed by atoms with Crippen LogP contribution in [0, 0.1) is 17.3 Å². The first-order chi connectivity index (χ1) is 6.54. The molecule has 0 unspecified atom stereocenters. The summed E-state index contributed by atoms with van der Waals surface area (Å²) in [6, 6.07) is 0. The van der Waals surface area contributed by atoms with Gasteiger partial charge in [-0.25, -0.2) is 0 Å². The fourth-order valence-corrected chi connectivity index (χ4v) is 4.43. The van der Waals surface area contributed by atoms with Crippen molar-refractivity contribution in [2.75, 3.05) is 0 Å². The molecule has 2 heteroatoms. The molecule has 2 bridgehead atoms. The zero-order valence-corrected chi connectivity index (χ0v) is 8.75. The number of hydrogen-bond donors (Lipinski definition) is 1. The van der Waals surface area contributed by atoms with Crippen molar-refractivity contribution in [2.45, 2.75) is 51.0 Å². The topological polar surface area (TPSA) is 37.3 Å². The van der Waals surface area contributed by atoms with E-state index in [1.54, 1.807) is 0 Å². The first kappa shape index (κ1) is 8.90. The third-order valence-electron chi connectivity index (χ3n) is 4.99. The lowest BCUT2D eigenvalue weighted by Crippen LogP contribution is -2.57. The molecule has 4 rings (SSSR count). The third kappa shape index (κ3) is 0.928. The highest BCUT2D eigenvalue weighted by molar-refractivity contribution is 5.85. The molecule has 2 nitrogen and oxygen atoms in total. The van der Waals surface area contributed by atoms with Crippen LogP contribution in [0.1, 0.15) is 45.4 Å². The highest BCUT2D eigenvalue weighted by Gasteiger charge is 2.61. The van der Waals surface area contributed by atoms with Crippen molar-refractivity contribution < 1.29 is 9.90 Å². The number of ketones is 1. The molecule has 1 N–H and O–H groups in total. The van der Waals surface area contributed by atoms with Gasteiger partial charge in [-0.15, -0.1) is 0 Å². The van der Waals surface area contributed by atoms with E-state index < -0.39 is 5.60 Å². The van der Waals surface area contributed by atoms with Gasteiger partial charge in [0.05, 0.1) is 5.60 Å². The molecule has 4 aliphatic rings. The number of fused-ring (bicyclic) bond motifs is 2. The van der Waals surface area contributed by atoms with Crippen LogP contribution in [-0.4, -0.2) is 16.5 Å². The number of hydrogen-bond acceptors (Lipinski definition) is 2. The Hall–Kier alpha value is -0.370. The van der Waals surface area contributed by atoms with Gasteiger partial charge in [-0.05, 0) is 43.9 Å². The Morgan fingerprint density at radius 2 is 2.29 bits per heavy atom. The van der Waals surface area contributed by atoms with Crippen molar-refractivity contribution in [1.82, 2.24) is 0 Å². The molecule has 4 fully saturated rings. The lowest BCUT2D eigenvalue weighted by atomic mass is 9.51. The molecule has 0 aromatic rings. The van der Waals surface area contributed by atoms with Gasteiger partial charge in [0, 0.05) is 12.3 Å². The summed E-state index contributed by atoms with van der Waals surface area (Å²) in [7, 11) is 0. The van der Waals surface area contributed by atoms with Crippen molar-refractivity contribution in [1.29, 1.82) is 0 Å². The molecule has 0 saturated heterocycles. The van der Waals surface area contributed by atoms with Crippen LogP contribution in [-0.2, 0) is 4.79 Å². The van der Waals surface area contributed by atoms with Crippen LogP contribution in [0.4, 0.5) is 0 Å². The normalized spacial score (nSPS) is 56.3. The molecule has 4 saturated carbocycles. The number of aliphatic hydroxyl groups is 1. The van der Waals surface area contributed by atoms with Crippen LogP contribution in [0.3, 0.4) is 0 Å². The van der Waals surface area contributed by atoms with Gasteiger partial charge in [-0.3, -0.25) is 4.79 Å². The maximum atomic E-state index is 11.8. The van der Waals surface area contributed by atoms with Gasteiger partial charge in [-0.2, -0.15) is 0 Å². The second kappa shape index (κ2) is 2.41. The maximum Gasteiger partial charge on any atom is 0.139 e. The van der Waals surface area contributed by atoms with E-state index in [4.69, 9.17) is 0 Å². The molecular weight excluding hydrogens is 176 g/mol.